The number of thiazole rings is 1. The maximum atomic E-state index is 12.2. The number of nitrogens with one attached hydrogen (secondary N) is 2. The van der Waals surface area contributed by atoms with Crippen LogP contribution in [0.1, 0.15) is 10.6 Å². The minimum absolute atomic E-state index is 0.0561. The van der Waals surface area contributed by atoms with Crippen molar-refractivity contribution >= 4 is 44.7 Å². The smallest absolute Gasteiger partial charge is 0.279 e. The average molecular weight is 361 g/mol. The van der Waals surface area contributed by atoms with Gasteiger partial charge >= 0.3 is 0 Å². The number of carbonyl (C=O) groups excluding carboxylic acids is 1. The number of likely N-dealkylation sites (N-methyl/N-ethyl adjacent to an activating group) is 1. The molecule has 0 radical (unpaired) electrons. The molecule has 3 aromatic rings. The van der Waals surface area contributed by atoms with Crippen molar-refractivity contribution in [3.8, 4) is 0 Å². The number of hydrogen-bond donors (Lipinski definition) is 2. The van der Waals surface area contributed by atoms with Crippen molar-refractivity contribution in [2.24, 2.45) is 0 Å². The van der Waals surface area contributed by atoms with Crippen LogP contribution in [0.4, 0.5) is 5.69 Å². The van der Waals surface area contributed by atoms with Crippen molar-refractivity contribution in [2.75, 3.05) is 18.9 Å². The second-order valence-corrected chi connectivity index (χ2v) is 7.44. The summed E-state index contributed by atoms with van der Waals surface area (Å²) < 4.78 is 1.18. The molecule has 0 aliphatic rings. The number of carbonyl (C=O) groups is 1. The van der Waals surface area contributed by atoms with Gasteiger partial charge in [0, 0.05) is 0 Å². The molecule has 6 heteroatoms. The molecule has 1 amide bonds. The lowest BCUT2D eigenvalue weighted by molar-refractivity contribution is -0.885. The zero-order chi connectivity index (χ0) is 17.1. The quantitative estimate of drug-likeness (QED) is 0.735. The molecule has 24 heavy (non-hydrogen) atoms. The molecule has 2 N–H and O–H groups in total. The van der Waals surface area contributed by atoms with Gasteiger partial charge in [0.15, 0.2) is 6.54 Å². The molecule has 1 atom stereocenters. The minimum atomic E-state index is -0.0561. The van der Waals surface area contributed by atoms with Crippen LogP contribution in [0.5, 0.6) is 0 Å². The molecule has 1 aromatic heterocycles. The van der Waals surface area contributed by atoms with E-state index in [1.165, 1.54) is 4.70 Å². The Kier molecular flexibility index (Phi) is 5.14. The number of nitrogens with zero attached hydrogens (tertiary/aromatic N) is 1. The summed E-state index contributed by atoms with van der Waals surface area (Å²) >= 11 is 7.83. The first kappa shape index (κ1) is 16.9. The van der Waals surface area contributed by atoms with E-state index in [0.717, 1.165) is 21.0 Å². The van der Waals surface area contributed by atoms with Crippen LogP contribution in [0.25, 0.3) is 10.2 Å². The summed E-state index contributed by atoms with van der Waals surface area (Å²) in [7, 11) is 1.99. The van der Waals surface area contributed by atoms with Crippen LogP contribution in [0.15, 0.2) is 42.5 Å². The predicted molar refractivity (Wildman–Crippen MR) is 99.9 cm³/mol. The summed E-state index contributed by atoms with van der Waals surface area (Å²) in [5.41, 5.74) is 2.73. The number of aryl methyl sites for hydroxylation is 1. The standard InChI is InChI=1S/C18H18ClN3OS/c1-12-7-8-14(13(19)9-12)20-17(23)10-22(2)11-18-21-15-5-3-4-6-16(15)24-18/h3-9H,10-11H2,1-2H3,(H,20,23)/p+1. The Morgan fingerprint density at radius 1 is 1.29 bits per heavy atom. The number of aromatic nitrogens is 1. The number of amides is 1. The Balaban J connectivity index is 1.59. The van der Waals surface area contributed by atoms with Gasteiger partial charge in [-0.25, -0.2) is 4.98 Å². The maximum Gasteiger partial charge on any atom is 0.279 e. The highest BCUT2D eigenvalue weighted by atomic mass is 35.5. The first-order chi connectivity index (χ1) is 11.5. The maximum absolute atomic E-state index is 12.2. The van der Waals surface area contributed by atoms with E-state index in [-0.39, 0.29) is 5.91 Å². The van der Waals surface area contributed by atoms with E-state index in [2.05, 4.69) is 16.4 Å². The number of hydrogen-bond acceptors (Lipinski definition) is 3. The Morgan fingerprint density at radius 2 is 2.08 bits per heavy atom. The van der Waals surface area contributed by atoms with Gasteiger partial charge < -0.3 is 10.2 Å². The molecule has 124 valence electrons. The highest BCUT2D eigenvalue weighted by Crippen LogP contribution is 2.22. The third-order valence-electron chi connectivity index (χ3n) is 3.65. The van der Waals surface area contributed by atoms with Gasteiger partial charge in [-0.15, -0.1) is 11.3 Å². The predicted octanol–water partition coefficient (Wildman–Crippen LogP) is 2.91. The fraction of sp³-hybridized carbons (Fsp3) is 0.222. The molecule has 1 heterocycles. The van der Waals surface area contributed by atoms with Gasteiger partial charge in [0.25, 0.3) is 5.91 Å². The van der Waals surface area contributed by atoms with Crippen LogP contribution in [0.3, 0.4) is 0 Å². The summed E-state index contributed by atoms with van der Waals surface area (Å²) in [6.45, 7) is 3.04. The van der Waals surface area contributed by atoms with Crippen molar-refractivity contribution in [3.63, 3.8) is 0 Å². The Labute approximate surface area is 150 Å². The number of anilines is 1. The Hall–Kier alpha value is -1.95. The molecular formula is C18H19ClN3OS+. The zero-order valence-corrected chi connectivity index (χ0v) is 15.2. The van der Waals surface area contributed by atoms with Crippen LogP contribution in [-0.4, -0.2) is 24.5 Å². The van der Waals surface area contributed by atoms with Crippen molar-refractivity contribution in [1.82, 2.24) is 4.98 Å². The lowest BCUT2D eigenvalue weighted by atomic mass is 10.2. The number of rotatable bonds is 5. The molecule has 0 aliphatic carbocycles. The van der Waals surface area contributed by atoms with Crippen LogP contribution < -0.4 is 10.2 Å². The summed E-state index contributed by atoms with van der Waals surface area (Å²) in [6.07, 6.45) is 0. The monoisotopic (exact) mass is 360 g/mol. The van der Waals surface area contributed by atoms with Crippen molar-refractivity contribution in [2.45, 2.75) is 13.5 Å². The molecule has 4 nitrogen and oxygen atoms in total. The summed E-state index contributed by atoms with van der Waals surface area (Å²) in [6, 6.07) is 13.7. The molecule has 0 aliphatic heterocycles. The van der Waals surface area contributed by atoms with Crippen LogP contribution >= 0.6 is 22.9 Å². The highest BCUT2D eigenvalue weighted by molar-refractivity contribution is 7.18. The highest BCUT2D eigenvalue weighted by Gasteiger charge is 2.14. The van der Waals surface area contributed by atoms with Gasteiger partial charge in [-0.2, -0.15) is 0 Å². The van der Waals surface area contributed by atoms with Crippen molar-refractivity contribution in [3.05, 3.63) is 58.1 Å². The molecule has 2 aromatic carbocycles. The van der Waals surface area contributed by atoms with Gasteiger partial charge in [0.05, 0.1) is 28.0 Å². The van der Waals surface area contributed by atoms with Crippen LogP contribution in [0, 0.1) is 6.92 Å². The van der Waals surface area contributed by atoms with E-state index >= 15 is 0 Å². The molecule has 0 spiro atoms. The van der Waals surface area contributed by atoms with Gasteiger partial charge in [0.2, 0.25) is 0 Å². The molecule has 0 fully saturated rings. The lowest BCUT2D eigenvalue weighted by Gasteiger charge is -2.13. The Morgan fingerprint density at radius 3 is 2.83 bits per heavy atom. The second kappa shape index (κ2) is 7.30. The van der Waals surface area contributed by atoms with E-state index in [1.807, 2.05) is 50.4 Å². The number of benzene rings is 2. The topological polar surface area (TPSA) is 46.4 Å². The van der Waals surface area contributed by atoms with Gasteiger partial charge in [-0.05, 0) is 36.8 Å². The van der Waals surface area contributed by atoms with E-state index in [1.54, 1.807) is 11.3 Å². The Bertz CT molecular complexity index is 845. The number of fused-ring (bicyclic) bond motifs is 1. The molecule has 0 saturated heterocycles. The first-order valence-corrected chi connectivity index (χ1v) is 8.92. The van der Waals surface area contributed by atoms with Gasteiger partial charge in [-0.1, -0.05) is 29.8 Å². The van der Waals surface area contributed by atoms with E-state index in [9.17, 15) is 4.79 Å². The third kappa shape index (κ3) is 4.12. The van der Waals surface area contributed by atoms with Gasteiger partial charge in [0.1, 0.15) is 11.6 Å². The van der Waals surface area contributed by atoms with E-state index < -0.39 is 0 Å². The molecule has 0 saturated carbocycles. The zero-order valence-electron chi connectivity index (χ0n) is 13.6. The van der Waals surface area contributed by atoms with Crippen LogP contribution in [0.2, 0.25) is 5.02 Å². The lowest BCUT2D eigenvalue weighted by Crippen LogP contribution is -3.08. The van der Waals surface area contributed by atoms with Crippen molar-refractivity contribution in [1.29, 1.82) is 0 Å². The van der Waals surface area contributed by atoms with E-state index in [4.69, 9.17) is 11.6 Å². The minimum Gasteiger partial charge on any atom is -0.324 e. The van der Waals surface area contributed by atoms with Crippen molar-refractivity contribution < 1.29 is 9.69 Å². The average Bonchev–Trinajstić information content (AvgIpc) is 2.91. The number of quaternary nitrogens is 1. The third-order valence-corrected chi connectivity index (χ3v) is 5.00. The summed E-state index contributed by atoms with van der Waals surface area (Å²) in [4.78, 5) is 17.9. The molecule has 0 bridgehead atoms. The fourth-order valence-electron chi connectivity index (χ4n) is 2.51. The SMILES string of the molecule is Cc1ccc(NC(=O)C[NH+](C)Cc2nc3ccccc3s2)c(Cl)c1. The number of para-hydroxylation sites is 1. The molecule has 3 rings (SSSR count). The largest absolute Gasteiger partial charge is 0.324 e. The van der Waals surface area contributed by atoms with Crippen LogP contribution in [-0.2, 0) is 11.3 Å². The van der Waals surface area contributed by atoms with E-state index in [0.29, 0.717) is 23.8 Å². The molecular weight excluding hydrogens is 342 g/mol. The van der Waals surface area contributed by atoms with Gasteiger partial charge in [-0.3, -0.25) is 4.79 Å². The normalized spacial score (nSPS) is 12.3. The molecule has 1 unspecified atom stereocenters. The fourth-order valence-corrected chi connectivity index (χ4v) is 3.87. The summed E-state index contributed by atoms with van der Waals surface area (Å²) in [5, 5.41) is 4.47. The number of halogens is 1. The summed E-state index contributed by atoms with van der Waals surface area (Å²) in [5.74, 6) is -0.0561. The first-order valence-electron chi connectivity index (χ1n) is 7.73. The second-order valence-electron chi connectivity index (χ2n) is 5.92.